The van der Waals surface area contributed by atoms with Crippen LogP contribution < -0.4 is 0 Å². The van der Waals surface area contributed by atoms with Crippen LogP contribution in [0.25, 0.3) is 0 Å². The van der Waals surface area contributed by atoms with Crippen molar-refractivity contribution in [2.24, 2.45) is 5.92 Å². The van der Waals surface area contributed by atoms with Gasteiger partial charge in [0.25, 0.3) is 0 Å². The number of halogens is 3. The topological polar surface area (TPSA) is 0 Å². The van der Waals surface area contributed by atoms with Gasteiger partial charge in [-0.15, -0.1) is 11.6 Å². The zero-order valence-electron chi connectivity index (χ0n) is 8.93. The molecule has 0 nitrogen and oxygen atoms in total. The minimum Gasteiger partial charge on any atom is -0.204 e. The molecule has 0 aliphatic rings. The number of hydrogen-bond acceptors (Lipinski definition) is 0. The molecule has 0 saturated carbocycles. The van der Waals surface area contributed by atoms with Crippen molar-refractivity contribution in [2.75, 3.05) is 0 Å². The van der Waals surface area contributed by atoms with Crippen molar-refractivity contribution < 1.29 is 8.78 Å². The van der Waals surface area contributed by atoms with E-state index in [1.165, 1.54) is 6.07 Å². The number of alkyl halides is 1. The van der Waals surface area contributed by atoms with Gasteiger partial charge in [0.15, 0.2) is 11.6 Å². The molecule has 0 aliphatic heterocycles. The summed E-state index contributed by atoms with van der Waals surface area (Å²) in [5.74, 6) is -1.33. The average molecular weight is 233 g/mol. The summed E-state index contributed by atoms with van der Waals surface area (Å²) < 4.78 is 25.6. The molecule has 0 bridgehead atoms. The summed E-state index contributed by atoms with van der Waals surface area (Å²) in [6, 6.07) is 4.01. The van der Waals surface area contributed by atoms with Crippen LogP contribution in [0.15, 0.2) is 18.2 Å². The Labute approximate surface area is 94.3 Å². The first kappa shape index (κ1) is 12.4. The molecule has 0 aromatic heterocycles. The van der Waals surface area contributed by atoms with Gasteiger partial charge in [0.2, 0.25) is 0 Å². The molecule has 1 aromatic rings. The van der Waals surface area contributed by atoms with Gasteiger partial charge in [0.1, 0.15) is 0 Å². The summed E-state index contributed by atoms with van der Waals surface area (Å²) in [5.41, 5.74) is 0.792. The Kier molecular flexibility index (Phi) is 4.52. The van der Waals surface area contributed by atoms with Gasteiger partial charge in [-0.3, -0.25) is 0 Å². The molecule has 3 heteroatoms. The van der Waals surface area contributed by atoms with Crippen molar-refractivity contribution in [3.63, 3.8) is 0 Å². The molecule has 0 aliphatic carbocycles. The van der Waals surface area contributed by atoms with Crippen LogP contribution in [0.1, 0.15) is 25.8 Å². The van der Waals surface area contributed by atoms with Gasteiger partial charge in [-0.05, 0) is 36.5 Å². The predicted octanol–water partition coefficient (Wildman–Crippen LogP) is 4.16. The van der Waals surface area contributed by atoms with Gasteiger partial charge in [-0.2, -0.15) is 0 Å². The van der Waals surface area contributed by atoms with Crippen molar-refractivity contribution in [3.8, 4) is 0 Å². The third-order valence-electron chi connectivity index (χ3n) is 2.55. The Balaban J connectivity index is 2.68. The number of benzene rings is 1. The van der Waals surface area contributed by atoms with Crippen molar-refractivity contribution in [1.29, 1.82) is 0 Å². The fourth-order valence-corrected chi connectivity index (χ4v) is 1.66. The van der Waals surface area contributed by atoms with Crippen LogP contribution >= 0.6 is 11.6 Å². The van der Waals surface area contributed by atoms with E-state index in [0.29, 0.717) is 6.42 Å². The minimum atomic E-state index is -0.802. The van der Waals surface area contributed by atoms with Gasteiger partial charge in [-0.25, -0.2) is 8.78 Å². The van der Waals surface area contributed by atoms with E-state index >= 15 is 0 Å². The molecule has 0 amide bonds. The van der Waals surface area contributed by atoms with Gasteiger partial charge in [0.05, 0.1) is 0 Å². The molecule has 0 radical (unpaired) electrons. The lowest BCUT2D eigenvalue weighted by Crippen LogP contribution is -2.13. The maximum atomic E-state index is 12.9. The van der Waals surface area contributed by atoms with Gasteiger partial charge in [-0.1, -0.05) is 19.9 Å². The van der Waals surface area contributed by atoms with Gasteiger partial charge < -0.3 is 0 Å². The summed E-state index contributed by atoms with van der Waals surface area (Å²) in [4.78, 5) is 0. The monoisotopic (exact) mass is 232 g/mol. The molecule has 2 atom stereocenters. The van der Waals surface area contributed by atoms with Crippen LogP contribution in [0.2, 0.25) is 0 Å². The Morgan fingerprint density at radius 2 is 1.93 bits per heavy atom. The highest BCUT2D eigenvalue weighted by Crippen LogP contribution is 2.20. The summed E-state index contributed by atoms with van der Waals surface area (Å²) >= 11 is 6.07. The SMILES string of the molecule is CCC(Cl)C(C)Cc1ccc(F)c(F)c1. The highest BCUT2D eigenvalue weighted by atomic mass is 35.5. The first-order chi connectivity index (χ1) is 7.04. The van der Waals surface area contributed by atoms with Crippen molar-refractivity contribution in [2.45, 2.75) is 32.1 Å². The first-order valence-electron chi connectivity index (χ1n) is 5.12. The Bertz CT molecular complexity index is 325. The van der Waals surface area contributed by atoms with E-state index < -0.39 is 11.6 Å². The van der Waals surface area contributed by atoms with E-state index in [4.69, 9.17) is 11.6 Å². The van der Waals surface area contributed by atoms with Crippen LogP contribution in [0.3, 0.4) is 0 Å². The first-order valence-corrected chi connectivity index (χ1v) is 5.56. The molecule has 2 unspecified atom stereocenters. The van der Waals surface area contributed by atoms with E-state index in [0.717, 1.165) is 18.1 Å². The summed E-state index contributed by atoms with van der Waals surface area (Å²) in [6.07, 6.45) is 1.56. The van der Waals surface area contributed by atoms with E-state index in [1.54, 1.807) is 6.07 Å². The average Bonchev–Trinajstić information content (AvgIpc) is 2.22. The number of hydrogen-bond donors (Lipinski definition) is 0. The Morgan fingerprint density at radius 1 is 1.27 bits per heavy atom. The summed E-state index contributed by atoms with van der Waals surface area (Å²) in [6.45, 7) is 4.03. The van der Waals surface area contributed by atoms with Crippen LogP contribution in [0, 0.1) is 17.6 Å². The predicted molar refractivity (Wildman–Crippen MR) is 59.2 cm³/mol. The molecule has 1 aromatic carbocycles. The quantitative estimate of drug-likeness (QED) is 0.684. The zero-order valence-corrected chi connectivity index (χ0v) is 9.69. The largest absolute Gasteiger partial charge is 0.204 e. The van der Waals surface area contributed by atoms with Gasteiger partial charge in [0, 0.05) is 5.38 Å². The van der Waals surface area contributed by atoms with E-state index in [1.807, 2.05) is 13.8 Å². The second-order valence-electron chi connectivity index (χ2n) is 3.85. The second-order valence-corrected chi connectivity index (χ2v) is 4.41. The lowest BCUT2D eigenvalue weighted by atomic mass is 9.96. The summed E-state index contributed by atoms with van der Waals surface area (Å²) in [7, 11) is 0. The van der Waals surface area contributed by atoms with Crippen LogP contribution in [0.4, 0.5) is 8.78 Å². The molecule has 15 heavy (non-hydrogen) atoms. The third kappa shape index (κ3) is 3.45. The number of rotatable bonds is 4. The Hall–Kier alpha value is -0.630. The van der Waals surface area contributed by atoms with E-state index in [-0.39, 0.29) is 11.3 Å². The fourth-order valence-electron chi connectivity index (χ4n) is 1.57. The molecule has 0 N–H and O–H groups in total. The minimum absolute atomic E-state index is 0.0816. The lowest BCUT2D eigenvalue weighted by Gasteiger charge is -2.16. The third-order valence-corrected chi connectivity index (χ3v) is 3.29. The second kappa shape index (κ2) is 5.45. The highest BCUT2D eigenvalue weighted by molar-refractivity contribution is 6.20. The molecule has 84 valence electrons. The van der Waals surface area contributed by atoms with E-state index in [2.05, 4.69) is 0 Å². The van der Waals surface area contributed by atoms with Crippen LogP contribution in [0.5, 0.6) is 0 Å². The smallest absolute Gasteiger partial charge is 0.159 e. The fraction of sp³-hybridized carbons (Fsp3) is 0.500. The van der Waals surface area contributed by atoms with Crippen LogP contribution in [-0.2, 0) is 6.42 Å². The summed E-state index contributed by atoms with van der Waals surface area (Å²) in [5, 5.41) is 0.0816. The maximum absolute atomic E-state index is 12.9. The lowest BCUT2D eigenvalue weighted by molar-refractivity contribution is 0.499. The van der Waals surface area contributed by atoms with Crippen molar-refractivity contribution in [3.05, 3.63) is 35.4 Å². The molecule has 0 fully saturated rings. The molecule has 0 spiro atoms. The van der Waals surface area contributed by atoms with Gasteiger partial charge >= 0.3 is 0 Å². The van der Waals surface area contributed by atoms with Crippen LogP contribution in [-0.4, -0.2) is 5.38 Å². The molecule has 0 heterocycles. The Morgan fingerprint density at radius 3 is 2.47 bits per heavy atom. The van der Waals surface area contributed by atoms with Crippen molar-refractivity contribution in [1.82, 2.24) is 0 Å². The normalized spacial score (nSPS) is 15.0. The van der Waals surface area contributed by atoms with Crippen molar-refractivity contribution >= 4 is 11.6 Å². The molecular formula is C12H15ClF2. The van der Waals surface area contributed by atoms with E-state index in [9.17, 15) is 8.78 Å². The molecule has 1 rings (SSSR count). The highest BCUT2D eigenvalue weighted by Gasteiger charge is 2.13. The molecular weight excluding hydrogens is 218 g/mol. The zero-order chi connectivity index (χ0) is 11.4. The maximum Gasteiger partial charge on any atom is 0.159 e. The standard InChI is InChI=1S/C12H15ClF2/c1-3-10(13)8(2)6-9-4-5-11(14)12(15)7-9/h4-5,7-8,10H,3,6H2,1-2H3. The molecule has 0 saturated heterocycles.